The van der Waals surface area contributed by atoms with E-state index in [-0.39, 0.29) is 24.7 Å². The Hall–Kier alpha value is -3.94. The number of H-pyrrole nitrogens is 1. The fourth-order valence-corrected chi connectivity index (χ4v) is 3.41. The number of benzene rings is 2. The third-order valence-corrected chi connectivity index (χ3v) is 4.94. The van der Waals surface area contributed by atoms with Crippen molar-refractivity contribution in [3.63, 3.8) is 0 Å². The van der Waals surface area contributed by atoms with Gasteiger partial charge in [-0.05, 0) is 54.4 Å². The highest BCUT2D eigenvalue weighted by molar-refractivity contribution is 5.86. The van der Waals surface area contributed by atoms with Crippen molar-refractivity contribution in [1.82, 2.24) is 15.0 Å². The van der Waals surface area contributed by atoms with Crippen LogP contribution in [0.3, 0.4) is 0 Å². The van der Waals surface area contributed by atoms with Gasteiger partial charge < -0.3 is 19.2 Å². The number of hydrogen-bond donors (Lipinski definition) is 1. The molecule has 2 heterocycles. The number of hydrogen-bond acceptors (Lipinski definition) is 6. The molecule has 0 saturated carbocycles. The lowest BCUT2D eigenvalue weighted by Crippen LogP contribution is -2.32. The number of rotatable bonds is 8. The van der Waals surface area contributed by atoms with E-state index in [0.717, 1.165) is 16.8 Å². The molecule has 0 aliphatic heterocycles. The molecule has 1 unspecified atom stereocenters. The zero-order valence-electron chi connectivity index (χ0n) is 17.7. The lowest BCUT2D eigenvalue weighted by atomic mass is 10.1. The highest BCUT2D eigenvalue weighted by Gasteiger charge is 2.26. The summed E-state index contributed by atoms with van der Waals surface area (Å²) in [5.74, 6) is 0.0470. The molecule has 8 heteroatoms. The predicted molar refractivity (Wildman–Crippen MR) is 117 cm³/mol. The quantitative estimate of drug-likeness (QED) is 0.415. The standard InChI is InChI=1S/C24H22FN3O4/c1-3-31-24(29)21(12-16-6-4-5-7-20(16)30-2)32-23-22-19(26-14-27-23)13-18(28-22)15-8-10-17(25)11-9-15/h4-11,13-14,21,28H,3,12H2,1-2H3. The second-order valence-corrected chi connectivity index (χ2v) is 7.00. The highest BCUT2D eigenvalue weighted by Crippen LogP contribution is 2.29. The molecule has 0 aliphatic carbocycles. The van der Waals surface area contributed by atoms with Gasteiger partial charge in [0.05, 0.1) is 19.2 Å². The zero-order valence-corrected chi connectivity index (χ0v) is 17.7. The average Bonchev–Trinajstić information content (AvgIpc) is 3.25. The summed E-state index contributed by atoms with van der Waals surface area (Å²) in [4.78, 5) is 24.4. The van der Waals surface area contributed by atoms with Crippen LogP contribution in [0.25, 0.3) is 22.3 Å². The Morgan fingerprint density at radius 3 is 2.66 bits per heavy atom. The van der Waals surface area contributed by atoms with Crippen molar-refractivity contribution < 1.29 is 23.4 Å². The van der Waals surface area contributed by atoms with E-state index in [1.54, 1.807) is 26.2 Å². The molecule has 1 atom stereocenters. The molecule has 2 aromatic carbocycles. The van der Waals surface area contributed by atoms with Gasteiger partial charge in [0.25, 0.3) is 0 Å². The van der Waals surface area contributed by atoms with E-state index in [1.165, 1.54) is 18.5 Å². The van der Waals surface area contributed by atoms with Gasteiger partial charge in [-0.3, -0.25) is 0 Å². The van der Waals surface area contributed by atoms with Crippen LogP contribution >= 0.6 is 0 Å². The molecule has 0 fully saturated rings. The topological polar surface area (TPSA) is 86.3 Å². The number of carbonyl (C=O) groups is 1. The Morgan fingerprint density at radius 1 is 1.12 bits per heavy atom. The van der Waals surface area contributed by atoms with Gasteiger partial charge in [-0.2, -0.15) is 4.98 Å². The summed E-state index contributed by atoms with van der Waals surface area (Å²) in [5.41, 5.74) is 3.45. The van der Waals surface area contributed by atoms with Crippen molar-refractivity contribution in [3.8, 4) is 22.9 Å². The van der Waals surface area contributed by atoms with E-state index >= 15 is 0 Å². The van der Waals surface area contributed by atoms with Crippen LogP contribution in [0.15, 0.2) is 60.9 Å². The Morgan fingerprint density at radius 2 is 1.91 bits per heavy atom. The lowest BCUT2D eigenvalue weighted by Gasteiger charge is -2.18. The van der Waals surface area contributed by atoms with Gasteiger partial charge in [0.2, 0.25) is 12.0 Å². The number of fused-ring (bicyclic) bond motifs is 1. The summed E-state index contributed by atoms with van der Waals surface area (Å²) < 4.78 is 29.9. The van der Waals surface area contributed by atoms with Crippen LogP contribution in [0.1, 0.15) is 12.5 Å². The first-order chi connectivity index (χ1) is 15.6. The van der Waals surface area contributed by atoms with Gasteiger partial charge in [-0.25, -0.2) is 14.2 Å². The number of ether oxygens (including phenoxy) is 3. The van der Waals surface area contributed by atoms with E-state index in [1.807, 2.05) is 30.3 Å². The molecule has 32 heavy (non-hydrogen) atoms. The predicted octanol–water partition coefficient (Wildman–Crippen LogP) is 4.33. The second-order valence-electron chi connectivity index (χ2n) is 7.00. The van der Waals surface area contributed by atoms with Gasteiger partial charge in [0.15, 0.2) is 0 Å². The molecular formula is C24H22FN3O4. The van der Waals surface area contributed by atoms with Crippen LogP contribution in [-0.2, 0) is 16.0 Å². The zero-order chi connectivity index (χ0) is 22.5. The largest absolute Gasteiger partial charge is 0.496 e. The third kappa shape index (κ3) is 4.54. The average molecular weight is 435 g/mol. The number of para-hydroxylation sites is 1. The summed E-state index contributed by atoms with van der Waals surface area (Å²) in [6, 6.07) is 15.3. The van der Waals surface area contributed by atoms with Crippen LogP contribution < -0.4 is 9.47 Å². The Labute approximate surface area is 184 Å². The van der Waals surface area contributed by atoms with Crippen LogP contribution in [0.5, 0.6) is 11.6 Å². The van der Waals surface area contributed by atoms with E-state index in [0.29, 0.717) is 16.8 Å². The van der Waals surface area contributed by atoms with Gasteiger partial charge in [-0.1, -0.05) is 18.2 Å². The van der Waals surface area contributed by atoms with Gasteiger partial charge >= 0.3 is 5.97 Å². The second kappa shape index (κ2) is 9.47. The van der Waals surface area contributed by atoms with Crippen molar-refractivity contribution in [2.75, 3.05) is 13.7 Å². The third-order valence-electron chi connectivity index (χ3n) is 4.94. The number of esters is 1. The minimum absolute atomic E-state index is 0.219. The maximum atomic E-state index is 13.3. The molecule has 0 aliphatic rings. The van der Waals surface area contributed by atoms with Crippen LogP contribution in [-0.4, -0.2) is 40.7 Å². The summed E-state index contributed by atoms with van der Waals surface area (Å²) in [5, 5.41) is 0. The molecule has 7 nitrogen and oxygen atoms in total. The molecule has 2 aromatic heterocycles. The van der Waals surface area contributed by atoms with Gasteiger partial charge in [0, 0.05) is 12.1 Å². The molecular weight excluding hydrogens is 413 g/mol. The minimum Gasteiger partial charge on any atom is -0.496 e. The van der Waals surface area contributed by atoms with E-state index in [4.69, 9.17) is 14.2 Å². The molecule has 4 rings (SSSR count). The van der Waals surface area contributed by atoms with Crippen LogP contribution in [0.2, 0.25) is 0 Å². The fourth-order valence-electron chi connectivity index (χ4n) is 3.41. The molecule has 0 amide bonds. The fraction of sp³-hybridized carbons (Fsp3) is 0.208. The van der Waals surface area contributed by atoms with Crippen molar-refractivity contribution in [2.24, 2.45) is 0 Å². The number of aromatic amines is 1. The number of carbonyl (C=O) groups excluding carboxylic acids is 1. The Bertz CT molecular complexity index is 1220. The number of halogens is 1. The van der Waals surface area contributed by atoms with Crippen LogP contribution in [0.4, 0.5) is 4.39 Å². The Balaban J connectivity index is 1.67. The number of aromatic nitrogens is 3. The minimum atomic E-state index is -0.943. The monoisotopic (exact) mass is 435 g/mol. The van der Waals surface area contributed by atoms with Crippen LogP contribution in [0, 0.1) is 5.82 Å². The smallest absolute Gasteiger partial charge is 0.347 e. The molecule has 0 saturated heterocycles. The van der Waals surface area contributed by atoms with E-state index in [2.05, 4.69) is 15.0 Å². The van der Waals surface area contributed by atoms with Crippen molar-refractivity contribution >= 4 is 17.0 Å². The first-order valence-electron chi connectivity index (χ1n) is 10.1. The van der Waals surface area contributed by atoms with Crippen molar-refractivity contribution in [2.45, 2.75) is 19.4 Å². The van der Waals surface area contributed by atoms with Gasteiger partial charge in [0.1, 0.15) is 23.4 Å². The first kappa shape index (κ1) is 21.3. The summed E-state index contributed by atoms with van der Waals surface area (Å²) >= 11 is 0. The maximum Gasteiger partial charge on any atom is 0.347 e. The normalized spacial score (nSPS) is 11.8. The molecule has 164 valence electrons. The van der Waals surface area contributed by atoms with Crippen molar-refractivity contribution in [3.05, 3.63) is 72.3 Å². The number of nitrogens with one attached hydrogen (secondary N) is 1. The number of nitrogens with zero attached hydrogens (tertiary/aromatic N) is 2. The lowest BCUT2D eigenvalue weighted by molar-refractivity contribution is -0.151. The van der Waals surface area contributed by atoms with E-state index < -0.39 is 12.1 Å². The summed E-state index contributed by atoms with van der Waals surface area (Å²) in [6.07, 6.45) is 0.660. The maximum absolute atomic E-state index is 13.3. The van der Waals surface area contributed by atoms with Crippen molar-refractivity contribution in [1.29, 1.82) is 0 Å². The number of methoxy groups -OCH3 is 1. The summed E-state index contributed by atoms with van der Waals surface area (Å²) in [7, 11) is 1.57. The SMILES string of the molecule is CCOC(=O)C(Cc1ccccc1OC)Oc1ncnc2cc(-c3ccc(F)cc3)[nH]c12. The molecule has 1 N–H and O–H groups in total. The van der Waals surface area contributed by atoms with Gasteiger partial charge in [-0.15, -0.1) is 0 Å². The molecule has 0 radical (unpaired) electrons. The first-order valence-corrected chi connectivity index (χ1v) is 10.1. The summed E-state index contributed by atoms with van der Waals surface area (Å²) in [6.45, 7) is 1.96. The molecule has 0 spiro atoms. The molecule has 4 aromatic rings. The van der Waals surface area contributed by atoms with E-state index in [9.17, 15) is 9.18 Å². The highest BCUT2D eigenvalue weighted by atomic mass is 19.1. The Kier molecular flexibility index (Phi) is 6.30. The molecule has 0 bridgehead atoms.